The number of Topliss-reactive ketones (excluding diaryl/α,β-unsaturated/α-hetero) is 1. The number of hydrogen-bond acceptors (Lipinski definition) is 8. The Morgan fingerprint density at radius 3 is 1.74 bits per heavy atom. The molecule has 0 fully saturated rings. The van der Waals surface area contributed by atoms with Crippen LogP contribution in [0.5, 0.6) is 0 Å². The minimum Gasteiger partial charge on any atom is -0.479 e. The van der Waals surface area contributed by atoms with Crippen molar-refractivity contribution in [1.29, 1.82) is 0 Å². The lowest BCUT2D eigenvalue weighted by atomic mass is 9.87. The van der Waals surface area contributed by atoms with Gasteiger partial charge in [-0.2, -0.15) is 0 Å². The third kappa shape index (κ3) is 4.42. The summed E-state index contributed by atoms with van der Waals surface area (Å²) in [6.07, 6.45) is -2.84. The highest BCUT2D eigenvalue weighted by Gasteiger charge is 2.56. The normalized spacial score (nSPS) is 13.4. The summed E-state index contributed by atoms with van der Waals surface area (Å²) in [6, 6.07) is 13.9. The summed E-state index contributed by atoms with van der Waals surface area (Å²) in [6.45, 7) is 0. The van der Waals surface area contributed by atoms with E-state index < -0.39 is 35.4 Å². The fourth-order valence-electron chi connectivity index (χ4n) is 2.11. The summed E-state index contributed by atoms with van der Waals surface area (Å²) >= 11 is 0. The van der Waals surface area contributed by atoms with Crippen LogP contribution in [-0.4, -0.2) is 50.7 Å². The van der Waals surface area contributed by atoms with Gasteiger partial charge in [-0.25, -0.2) is 14.4 Å². The molecule has 0 radical (unpaired) electrons. The van der Waals surface area contributed by atoms with Gasteiger partial charge in [-0.3, -0.25) is 4.79 Å². The van der Waals surface area contributed by atoms with Crippen molar-refractivity contribution in [3.05, 3.63) is 71.8 Å². The van der Waals surface area contributed by atoms with E-state index >= 15 is 0 Å². The lowest BCUT2D eigenvalue weighted by molar-refractivity contribution is -0.175. The lowest BCUT2D eigenvalue weighted by Gasteiger charge is -2.26. The fourth-order valence-corrected chi connectivity index (χ4v) is 2.11. The van der Waals surface area contributed by atoms with Gasteiger partial charge < -0.3 is 26.2 Å². The largest absolute Gasteiger partial charge is 0.479 e. The summed E-state index contributed by atoms with van der Waals surface area (Å²) < 4.78 is 4.44. The van der Waals surface area contributed by atoms with Crippen LogP contribution in [0.3, 0.4) is 0 Å². The van der Waals surface area contributed by atoms with Crippen LogP contribution in [-0.2, 0) is 14.3 Å². The molecule has 2 unspecified atom stereocenters. The first-order chi connectivity index (χ1) is 12.3. The van der Waals surface area contributed by atoms with Crippen LogP contribution in [0.15, 0.2) is 60.7 Å². The predicted molar refractivity (Wildman–Crippen MR) is 91.3 cm³/mol. The van der Waals surface area contributed by atoms with Gasteiger partial charge in [-0.05, 0) is 12.1 Å². The average Bonchev–Trinajstić information content (AvgIpc) is 2.67. The standard InChI is InChI=1S/C18H14O8.H3N/c19-13(11-7-3-1-4-8-11)18(25,14(20)15(21)22)17(24)26-16(23)12-9-5-2-6-10-12;/h1-10,14,20,25H,(H,21,22);1H3. The van der Waals surface area contributed by atoms with Crippen LogP contribution in [0, 0.1) is 0 Å². The number of carboxylic acid groups (broad SMARTS) is 1. The van der Waals surface area contributed by atoms with Crippen molar-refractivity contribution in [2.75, 3.05) is 0 Å². The number of ether oxygens (including phenoxy) is 1. The molecule has 0 aromatic heterocycles. The van der Waals surface area contributed by atoms with E-state index in [1.165, 1.54) is 48.5 Å². The van der Waals surface area contributed by atoms with Gasteiger partial charge in [0.05, 0.1) is 5.56 Å². The molecule has 9 heteroatoms. The van der Waals surface area contributed by atoms with Gasteiger partial charge in [0.25, 0.3) is 5.60 Å². The number of aliphatic hydroxyl groups excluding tert-OH is 1. The first kappa shape index (κ1) is 21.6. The number of benzene rings is 2. The van der Waals surface area contributed by atoms with Crippen molar-refractivity contribution in [2.45, 2.75) is 11.7 Å². The van der Waals surface area contributed by atoms with Gasteiger partial charge in [-0.15, -0.1) is 0 Å². The van der Waals surface area contributed by atoms with Crippen molar-refractivity contribution in [1.82, 2.24) is 6.15 Å². The number of carbonyl (C=O) groups is 4. The summed E-state index contributed by atoms with van der Waals surface area (Å²) in [4.78, 5) is 47.8. The van der Waals surface area contributed by atoms with Crippen molar-refractivity contribution >= 4 is 23.7 Å². The Kier molecular flexibility index (Phi) is 7.06. The smallest absolute Gasteiger partial charge is 0.357 e. The molecule has 2 rings (SSSR count). The highest BCUT2D eigenvalue weighted by atomic mass is 16.6. The lowest BCUT2D eigenvalue weighted by Crippen LogP contribution is -2.59. The summed E-state index contributed by atoms with van der Waals surface area (Å²) in [5.41, 5.74) is -3.82. The van der Waals surface area contributed by atoms with Gasteiger partial charge in [0.1, 0.15) is 0 Å². The van der Waals surface area contributed by atoms with E-state index in [1.807, 2.05) is 0 Å². The topological polar surface area (TPSA) is 173 Å². The van der Waals surface area contributed by atoms with Crippen LogP contribution in [0.25, 0.3) is 0 Å². The second-order valence-corrected chi connectivity index (χ2v) is 5.25. The first-order valence-electron chi connectivity index (χ1n) is 7.33. The summed E-state index contributed by atoms with van der Waals surface area (Å²) in [5.74, 6) is -6.57. The van der Waals surface area contributed by atoms with Crippen LogP contribution in [0.4, 0.5) is 0 Å². The molecule has 0 aliphatic rings. The molecule has 0 spiro atoms. The van der Waals surface area contributed by atoms with Crippen LogP contribution in [0.2, 0.25) is 0 Å². The quantitative estimate of drug-likeness (QED) is 0.320. The van der Waals surface area contributed by atoms with Crippen molar-refractivity contribution in [3.8, 4) is 0 Å². The molecule has 0 aliphatic heterocycles. The molecule has 6 N–H and O–H groups in total. The number of aliphatic carboxylic acids is 1. The third-order valence-electron chi connectivity index (χ3n) is 3.52. The molecule has 0 heterocycles. The number of ketones is 1. The van der Waals surface area contributed by atoms with Gasteiger partial charge >= 0.3 is 17.9 Å². The van der Waals surface area contributed by atoms with Gasteiger partial charge in [0.15, 0.2) is 6.10 Å². The highest BCUT2D eigenvalue weighted by Crippen LogP contribution is 2.21. The monoisotopic (exact) mass is 375 g/mol. The van der Waals surface area contributed by atoms with Crippen molar-refractivity contribution < 1.29 is 39.2 Å². The van der Waals surface area contributed by atoms with Gasteiger partial charge in [0, 0.05) is 5.56 Å². The molecule has 0 aliphatic carbocycles. The van der Waals surface area contributed by atoms with E-state index in [4.69, 9.17) is 5.11 Å². The van der Waals surface area contributed by atoms with Crippen molar-refractivity contribution in [2.24, 2.45) is 0 Å². The van der Waals surface area contributed by atoms with Crippen LogP contribution in [0.1, 0.15) is 20.7 Å². The molecule has 9 nitrogen and oxygen atoms in total. The maximum Gasteiger partial charge on any atom is 0.357 e. The average molecular weight is 375 g/mol. The van der Waals surface area contributed by atoms with E-state index in [9.17, 15) is 29.4 Å². The highest BCUT2D eigenvalue weighted by molar-refractivity contribution is 6.19. The number of esters is 2. The zero-order chi connectivity index (χ0) is 19.3. The minimum absolute atomic E-state index is 0. The maximum absolute atomic E-state index is 12.5. The number of carboxylic acids is 1. The molecule has 2 atom stereocenters. The third-order valence-corrected chi connectivity index (χ3v) is 3.52. The molecular weight excluding hydrogens is 358 g/mol. The van der Waals surface area contributed by atoms with E-state index in [0.717, 1.165) is 0 Å². The molecule has 2 aromatic rings. The number of aliphatic hydroxyl groups is 2. The number of hydrogen-bond donors (Lipinski definition) is 4. The van der Waals surface area contributed by atoms with E-state index in [0.29, 0.717) is 0 Å². The Labute approximate surface area is 153 Å². The van der Waals surface area contributed by atoms with Gasteiger partial charge in [-0.1, -0.05) is 48.5 Å². The van der Waals surface area contributed by atoms with E-state index in [2.05, 4.69) is 4.74 Å². The number of rotatable bonds is 6. The van der Waals surface area contributed by atoms with E-state index in [1.54, 1.807) is 12.1 Å². The summed E-state index contributed by atoms with van der Waals surface area (Å²) in [5, 5.41) is 29.1. The Balaban J connectivity index is 0.00000364. The maximum atomic E-state index is 12.5. The Bertz CT molecular complexity index is 837. The molecular formula is C18H17NO8. The van der Waals surface area contributed by atoms with Crippen LogP contribution >= 0.6 is 0 Å². The molecule has 0 amide bonds. The van der Waals surface area contributed by atoms with E-state index in [-0.39, 0.29) is 17.3 Å². The molecule has 2 aromatic carbocycles. The predicted octanol–water partition coefficient (Wildman–Crippen LogP) is 0.591. The second-order valence-electron chi connectivity index (χ2n) is 5.25. The van der Waals surface area contributed by atoms with Gasteiger partial charge in [0.2, 0.25) is 5.78 Å². The Hall–Kier alpha value is -3.40. The Morgan fingerprint density at radius 1 is 0.852 bits per heavy atom. The van der Waals surface area contributed by atoms with Crippen molar-refractivity contribution in [3.63, 3.8) is 0 Å². The SMILES string of the molecule is N.O=C(OC(=O)C(O)(C(=O)c1ccccc1)C(O)C(=O)O)c1ccccc1. The zero-order valence-corrected chi connectivity index (χ0v) is 13.9. The Morgan fingerprint density at radius 2 is 1.30 bits per heavy atom. The minimum atomic E-state index is -3.50. The second kappa shape index (κ2) is 8.81. The molecule has 0 saturated carbocycles. The van der Waals surface area contributed by atoms with Crippen LogP contribution < -0.4 is 6.15 Å². The molecule has 0 saturated heterocycles. The zero-order valence-electron chi connectivity index (χ0n) is 13.9. The molecule has 0 bridgehead atoms. The number of carbonyl (C=O) groups excluding carboxylic acids is 3. The molecule has 27 heavy (non-hydrogen) atoms. The first-order valence-corrected chi connectivity index (χ1v) is 7.33. The fraction of sp³-hybridized carbons (Fsp3) is 0.111. The summed E-state index contributed by atoms with van der Waals surface area (Å²) in [7, 11) is 0. The molecule has 142 valence electrons.